The van der Waals surface area contributed by atoms with Gasteiger partial charge in [-0.2, -0.15) is 0 Å². The molecule has 96 valence electrons. The van der Waals surface area contributed by atoms with Gasteiger partial charge in [-0.1, -0.05) is 30.3 Å². The molecule has 20 heavy (non-hydrogen) atoms. The minimum atomic E-state index is 1.01. The second kappa shape index (κ2) is 4.59. The molecule has 2 aromatic heterocycles. The molecule has 2 aromatic carbocycles. The maximum atomic E-state index is 4.58. The van der Waals surface area contributed by atoms with Crippen molar-refractivity contribution in [1.82, 2.24) is 9.97 Å². The van der Waals surface area contributed by atoms with Crippen molar-refractivity contribution in [1.29, 1.82) is 0 Å². The predicted octanol–water partition coefficient (Wildman–Crippen LogP) is 4.99. The summed E-state index contributed by atoms with van der Waals surface area (Å²) in [5.41, 5.74) is 4.42. The topological polar surface area (TPSA) is 28.7 Å². The van der Waals surface area contributed by atoms with Gasteiger partial charge in [-0.05, 0) is 46.9 Å². The monoisotopic (exact) mass is 370 g/mol. The zero-order chi connectivity index (χ0) is 13.5. The van der Waals surface area contributed by atoms with Crippen molar-refractivity contribution in [3.05, 3.63) is 64.4 Å². The predicted molar refractivity (Wildman–Crippen MR) is 91.8 cm³/mol. The molecule has 0 saturated heterocycles. The molecule has 0 aliphatic heterocycles. The highest BCUT2D eigenvalue weighted by molar-refractivity contribution is 14.1. The van der Waals surface area contributed by atoms with Crippen molar-refractivity contribution in [3.8, 4) is 11.3 Å². The van der Waals surface area contributed by atoms with Crippen LogP contribution in [0.1, 0.15) is 0 Å². The van der Waals surface area contributed by atoms with Crippen molar-refractivity contribution in [2.24, 2.45) is 0 Å². The third kappa shape index (κ3) is 1.81. The zero-order valence-corrected chi connectivity index (χ0v) is 12.8. The first-order valence-corrected chi connectivity index (χ1v) is 7.52. The molecule has 4 aromatic rings. The molecular formula is C17H11IN2. The molecule has 3 heteroatoms. The lowest BCUT2D eigenvalue weighted by molar-refractivity contribution is 1.34. The second-order valence-electron chi connectivity index (χ2n) is 4.76. The van der Waals surface area contributed by atoms with E-state index in [9.17, 15) is 0 Å². The van der Waals surface area contributed by atoms with Crippen LogP contribution in [0.3, 0.4) is 0 Å². The number of pyridine rings is 1. The van der Waals surface area contributed by atoms with Gasteiger partial charge in [-0.25, -0.2) is 0 Å². The van der Waals surface area contributed by atoms with Gasteiger partial charge in [-0.15, -0.1) is 0 Å². The van der Waals surface area contributed by atoms with Gasteiger partial charge < -0.3 is 4.98 Å². The standard InChI is InChI=1S/C17H11IN2/c18-12-5-3-4-11(10-12)16-17-14(8-9-19-16)13-6-1-2-7-15(13)20-17/h1-10,20H. The first kappa shape index (κ1) is 11.9. The van der Waals surface area contributed by atoms with E-state index in [1.165, 1.54) is 14.3 Å². The molecule has 0 atom stereocenters. The molecule has 0 aliphatic rings. The summed E-state index contributed by atoms with van der Waals surface area (Å²) >= 11 is 2.33. The molecule has 2 heterocycles. The third-order valence-corrected chi connectivity index (χ3v) is 4.20. The summed E-state index contributed by atoms with van der Waals surface area (Å²) in [6.45, 7) is 0. The molecule has 0 spiro atoms. The van der Waals surface area contributed by atoms with E-state index in [0.717, 1.165) is 22.3 Å². The first-order valence-electron chi connectivity index (χ1n) is 6.44. The van der Waals surface area contributed by atoms with Crippen LogP contribution < -0.4 is 0 Å². The van der Waals surface area contributed by atoms with E-state index in [4.69, 9.17) is 0 Å². The first-order chi connectivity index (χ1) is 9.83. The summed E-state index contributed by atoms with van der Waals surface area (Å²) < 4.78 is 1.22. The van der Waals surface area contributed by atoms with E-state index < -0.39 is 0 Å². The number of fused-ring (bicyclic) bond motifs is 3. The van der Waals surface area contributed by atoms with Gasteiger partial charge in [0.1, 0.15) is 0 Å². The number of halogens is 1. The van der Waals surface area contributed by atoms with E-state index in [2.05, 4.69) is 87.2 Å². The van der Waals surface area contributed by atoms with Gasteiger partial charge in [0.15, 0.2) is 0 Å². The fourth-order valence-electron chi connectivity index (χ4n) is 2.63. The molecule has 1 N–H and O–H groups in total. The zero-order valence-electron chi connectivity index (χ0n) is 10.6. The van der Waals surface area contributed by atoms with E-state index in [1.54, 1.807) is 0 Å². The normalized spacial score (nSPS) is 11.2. The van der Waals surface area contributed by atoms with Gasteiger partial charge in [0.2, 0.25) is 0 Å². The Labute approximate surface area is 130 Å². The molecule has 2 nitrogen and oxygen atoms in total. The lowest BCUT2D eigenvalue weighted by atomic mass is 10.1. The van der Waals surface area contributed by atoms with E-state index in [0.29, 0.717) is 0 Å². The van der Waals surface area contributed by atoms with Crippen LogP contribution in [0.25, 0.3) is 33.1 Å². The van der Waals surface area contributed by atoms with Crippen LogP contribution in [0.2, 0.25) is 0 Å². The van der Waals surface area contributed by atoms with E-state index in [-0.39, 0.29) is 0 Å². The smallest absolute Gasteiger partial charge is 0.0943 e. The largest absolute Gasteiger partial charge is 0.353 e. The van der Waals surface area contributed by atoms with Gasteiger partial charge >= 0.3 is 0 Å². The molecular weight excluding hydrogens is 359 g/mol. The Kier molecular flexibility index (Phi) is 2.73. The molecule has 0 fully saturated rings. The Morgan fingerprint density at radius 3 is 2.70 bits per heavy atom. The van der Waals surface area contributed by atoms with Gasteiger partial charge in [0.05, 0.1) is 11.2 Å². The summed E-state index contributed by atoms with van der Waals surface area (Å²) in [6, 6.07) is 18.9. The highest BCUT2D eigenvalue weighted by Crippen LogP contribution is 2.31. The van der Waals surface area contributed by atoms with E-state index >= 15 is 0 Å². The molecule has 0 saturated carbocycles. The van der Waals surface area contributed by atoms with Gasteiger partial charge in [0.25, 0.3) is 0 Å². The van der Waals surface area contributed by atoms with Crippen molar-refractivity contribution in [2.75, 3.05) is 0 Å². The maximum Gasteiger partial charge on any atom is 0.0943 e. The van der Waals surface area contributed by atoms with Crippen LogP contribution in [-0.2, 0) is 0 Å². The molecule has 0 radical (unpaired) electrons. The van der Waals surface area contributed by atoms with Gasteiger partial charge in [-0.3, -0.25) is 4.98 Å². The quantitative estimate of drug-likeness (QED) is 0.470. The maximum absolute atomic E-state index is 4.58. The number of benzene rings is 2. The van der Waals surface area contributed by atoms with Gasteiger partial charge in [0, 0.05) is 31.6 Å². The Balaban J connectivity index is 2.10. The highest BCUT2D eigenvalue weighted by Gasteiger charge is 2.10. The SMILES string of the molecule is Ic1cccc(-c2nccc3c2[nH]c2ccccc23)c1. The lowest BCUT2D eigenvalue weighted by Crippen LogP contribution is -1.85. The number of nitrogens with one attached hydrogen (secondary N) is 1. The average molecular weight is 370 g/mol. The fourth-order valence-corrected chi connectivity index (χ4v) is 3.17. The van der Waals surface area contributed by atoms with Crippen LogP contribution in [0.15, 0.2) is 60.8 Å². The number of aromatic amines is 1. The number of para-hydroxylation sites is 1. The van der Waals surface area contributed by atoms with Crippen LogP contribution >= 0.6 is 22.6 Å². The van der Waals surface area contributed by atoms with Crippen molar-refractivity contribution in [2.45, 2.75) is 0 Å². The van der Waals surface area contributed by atoms with Crippen molar-refractivity contribution >= 4 is 44.4 Å². The number of aromatic nitrogens is 2. The fraction of sp³-hybridized carbons (Fsp3) is 0. The van der Waals surface area contributed by atoms with Crippen molar-refractivity contribution in [3.63, 3.8) is 0 Å². The molecule has 0 aliphatic carbocycles. The Hall–Kier alpha value is -1.88. The van der Waals surface area contributed by atoms with Crippen LogP contribution in [0.5, 0.6) is 0 Å². The Bertz CT molecular complexity index is 924. The average Bonchev–Trinajstić information content (AvgIpc) is 2.86. The van der Waals surface area contributed by atoms with Crippen molar-refractivity contribution < 1.29 is 0 Å². The summed E-state index contributed by atoms with van der Waals surface area (Å²) in [5, 5.41) is 2.47. The lowest BCUT2D eigenvalue weighted by Gasteiger charge is -2.03. The summed E-state index contributed by atoms with van der Waals surface area (Å²) in [5.74, 6) is 0. The minimum absolute atomic E-state index is 1.01. The molecule has 0 amide bonds. The Morgan fingerprint density at radius 2 is 1.80 bits per heavy atom. The third-order valence-electron chi connectivity index (χ3n) is 3.53. The number of nitrogens with zero attached hydrogens (tertiary/aromatic N) is 1. The minimum Gasteiger partial charge on any atom is -0.353 e. The highest BCUT2D eigenvalue weighted by atomic mass is 127. The number of hydrogen-bond donors (Lipinski definition) is 1. The van der Waals surface area contributed by atoms with E-state index in [1.807, 2.05) is 6.20 Å². The molecule has 0 bridgehead atoms. The Morgan fingerprint density at radius 1 is 0.900 bits per heavy atom. The van der Waals surface area contributed by atoms with Crippen LogP contribution in [0.4, 0.5) is 0 Å². The number of H-pyrrole nitrogens is 1. The summed E-state index contributed by atoms with van der Waals surface area (Å²) in [6.07, 6.45) is 1.89. The summed E-state index contributed by atoms with van der Waals surface area (Å²) in [7, 11) is 0. The number of rotatable bonds is 1. The van der Waals surface area contributed by atoms with Crippen LogP contribution in [-0.4, -0.2) is 9.97 Å². The van der Waals surface area contributed by atoms with Crippen LogP contribution in [0, 0.1) is 3.57 Å². The number of hydrogen-bond acceptors (Lipinski definition) is 1. The second-order valence-corrected chi connectivity index (χ2v) is 6.01. The molecule has 4 rings (SSSR count). The summed E-state index contributed by atoms with van der Waals surface area (Å²) in [4.78, 5) is 8.08. The molecule has 0 unspecified atom stereocenters.